The van der Waals surface area contributed by atoms with E-state index in [1.54, 1.807) is 0 Å². The number of amides is 1. The Bertz CT molecular complexity index is 1020. The quantitative estimate of drug-likeness (QED) is 0.671. The van der Waals surface area contributed by atoms with Crippen LogP contribution in [0.3, 0.4) is 0 Å². The van der Waals surface area contributed by atoms with Crippen LogP contribution in [0.1, 0.15) is 51.5 Å². The first-order valence-corrected chi connectivity index (χ1v) is 13.0. The van der Waals surface area contributed by atoms with E-state index >= 15 is 0 Å². The molecule has 0 radical (unpaired) electrons. The van der Waals surface area contributed by atoms with Gasteiger partial charge in [0.1, 0.15) is 5.82 Å². The number of aromatic nitrogens is 3. The van der Waals surface area contributed by atoms with Crippen LogP contribution in [0, 0.1) is 5.41 Å². The highest BCUT2D eigenvalue weighted by atomic mass is 16.6. The van der Waals surface area contributed by atoms with E-state index in [1.165, 1.54) is 49.7 Å². The number of anilines is 1. The first-order valence-electron chi connectivity index (χ1n) is 13.0. The molecule has 1 amide bonds. The molecule has 2 aliphatic heterocycles. The zero-order chi connectivity index (χ0) is 23.1. The number of hydrogen-bond donors (Lipinski definition) is 0. The molecular weight excluding hydrogens is 428 g/mol. The third kappa shape index (κ3) is 3.96. The molecule has 2 saturated heterocycles. The van der Waals surface area contributed by atoms with Gasteiger partial charge in [-0.25, -0.2) is 9.78 Å². The Balaban J connectivity index is 1.06. The fourth-order valence-corrected chi connectivity index (χ4v) is 6.38. The van der Waals surface area contributed by atoms with Gasteiger partial charge in [0.05, 0.1) is 18.8 Å². The minimum atomic E-state index is -0.144. The molecule has 1 spiro atoms. The summed E-state index contributed by atoms with van der Waals surface area (Å²) in [6.45, 7) is 8.20. The van der Waals surface area contributed by atoms with Crippen molar-refractivity contribution in [1.82, 2.24) is 24.6 Å². The van der Waals surface area contributed by atoms with Gasteiger partial charge in [0.2, 0.25) is 0 Å². The summed E-state index contributed by atoms with van der Waals surface area (Å²) in [6.07, 6.45) is 13.4. The van der Waals surface area contributed by atoms with Crippen LogP contribution in [-0.2, 0) is 4.74 Å². The lowest BCUT2D eigenvalue weighted by Gasteiger charge is -2.48. The minimum absolute atomic E-state index is 0.144. The predicted molar refractivity (Wildman–Crippen MR) is 131 cm³/mol. The van der Waals surface area contributed by atoms with E-state index < -0.39 is 0 Å². The molecular formula is C26H36N6O2. The standard InChI is InChI=1S/C26H36N6O2/c1-2-34-25(33)31-18-26(19-31)9-8-22(15-26)29-11-13-30(14-12-29)24-23(7-4-10-27-24)20-16-28-32(17-20)21-5-3-6-21/h4,7,10,16-17,21-22H,2-3,5-6,8-9,11-15,18-19H2,1H3/t22-/m1/s1. The molecule has 8 nitrogen and oxygen atoms in total. The zero-order valence-electron chi connectivity index (χ0n) is 20.2. The van der Waals surface area contributed by atoms with Gasteiger partial charge in [-0.2, -0.15) is 5.10 Å². The van der Waals surface area contributed by atoms with Gasteiger partial charge < -0.3 is 14.5 Å². The van der Waals surface area contributed by atoms with Gasteiger partial charge in [0.25, 0.3) is 0 Å². The Kier molecular flexibility index (Phi) is 5.71. The number of hydrogen-bond acceptors (Lipinski definition) is 6. The van der Waals surface area contributed by atoms with Crippen molar-refractivity contribution in [2.45, 2.75) is 57.5 Å². The molecule has 2 saturated carbocycles. The van der Waals surface area contributed by atoms with Gasteiger partial charge in [0, 0.05) is 74.2 Å². The van der Waals surface area contributed by atoms with Crippen LogP contribution in [0.25, 0.3) is 11.1 Å². The number of ether oxygens (including phenoxy) is 1. The summed E-state index contributed by atoms with van der Waals surface area (Å²) >= 11 is 0. The molecule has 4 aliphatic rings. The number of nitrogens with zero attached hydrogens (tertiary/aromatic N) is 6. The second-order valence-corrected chi connectivity index (χ2v) is 10.6. The van der Waals surface area contributed by atoms with Crippen molar-refractivity contribution in [3.63, 3.8) is 0 Å². The van der Waals surface area contributed by atoms with E-state index in [0.717, 1.165) is 45.1 Å². The number of carbonyl (C=O) groups excluding carboxylic acids is 1. The first-order chi connectivity index (χ1) is 16.6. The fraction of sp³-hybridized carbons (Fsp3) is 0.654. The smallest absolute Gasteiger partial charge is 0.409 e. The number of pyridine rings is 1. The van der Waals surface area contributed by atoms with Gasteiger partial charge >= 0.3 is 6.09 Å². The summed E-state index contributed by atoms with van der Waals surface area (Å²) in [7, 11) is 0. The topological polar surface area (TPSA) is 66.7 Å². The summed E-state index contributed by atoms with van der Waals surface area (Å²) in [5, 5.41) is 4.65. The molecule has 182 valence electrons. The molecule has 6 rings (SSSR count). The molecule has 0 N–H and O–H groups in total. The van der Waals surface area contributed by atoms with E-state index in [2.05, 4.69) is 31.8 Å². The normalized spacial score (nSPS) is 24.8. The van der Waals surface area contributed by atoms with Crippen molar-refractivity contribution in [2.24, 2.45) is 5.41 Å². The highest BCUT2D eigenvalue weighted by molar-refractivity contribution is 5.75. The summed E-state index contributed by atoms with van der Waals surface area (Å²) < 4.78 is 7.31. The van der Waals surface area contributed by atoms with Gasteiger partial charge in [-0.1, -0.05) is 0 Å². The van der Waals surface area contributed by atoms with Gasteiger partial charge in [-0.05, 0) is 57.6 Å². The molecule has 0 bridgehead atoms. The molecule has 2 aromatic heterocycles. The maximum atomic E-state index is 12.0. The van der Waals surface area contributed by atoms with Gasteiger partial charge in [-0.15, -0.1) is 0 Å². The van der Waals surface area contributed by atoms with E-state index in [4.69, 9.17) is 9.72 Å². The summed E-state index contributed by atoms with van der Waals surface area (Å²) in [4.78, 5) is 23.8. The van der Waals surface area contributed by atoms with Crippen molar-refractivity contribution >= 4 is 11.9 Å². The maximum Gasteiger partial charge on any atom is 0.409 e. The minimum Gasteiger partial charge on any atom is -0.450 e. The van der Waals surface area contributed by atoms with Crippen molar-refractivity contribution in [3.05, 3.63) is 30.7 Å². The predicted octanol–water partition coefficient (Wildman–Crippen LogP) is 3.80. The average Bonchev–Trinajstić information content (AvgIpc) is 3.45. The highest BCUT2D eigenvalue weighted by Crippen LogP contribution is 2.47. The number of carbonyl (C=O) groups is 1. The van der Waals surface area contributed by atoms with Gasteiger partial charge in [-0.3, -0.25) is 9.58 Å². The van der Waals surface area contributed by atoms with E-state index in [1.807, 2.05) is 30.3 Å². The van der Waals surface area contributed by atoms with E-state index in [0.29, 0.717) is 24.1 Å². The molecule has 2 aromatic rings. The van der Waals surface area contributed by atoms with Crippen molar-refractivity contribution < 1.29 is 9.53 Å². The first kappa shape index (κ1) is 21.9. The van der Waals surface area contributed by atoms with Crippen LogP contribution in [0.15, 0.2) is 30.7 Å². The molecule has 4 fully saturated rings. The Hall–Kier alpha value is -2.61. The van der Waals surface area contributed by atoms with Crippen LogP contribution < -0.4 is 4.90 Å². The summed E-state index contributed by atoms with van der Waals surface area (Å²) in [5.41, 5.74) is 2.68. The average molecular weight is 465 g/mol. The van der Waals surface area contributed by atoms with Crippen LogP contribution >= 0.6 is 0 Å². The second-order valence-electron chi connectivity index (χ2n) is 10.6. The lowest BCUT2D eigenvalue weighted by molar-refractivity contribution is -0.00294. The van der Waals surface area contributed by atoms with Gasteiger partial charge in [0.15, 0.2) is 0 Å². The lowest BCUT2D eigenvalue weighted by Crippen LogP contribution is -2.58. The third-order valence-corrected chi connectivity index (χ3v) is 8.53. The number of likely N-dealkylation sites (tertiary alicyclic amines) is 1. The Morgan fingerprint density at radius 1 is 1.15 bits per heavy atom. The van der Waals surface area contributed by atoms with Crippen molar-refractivity contribution in [3.8, 4) is 11.1 Å². The SMILES string of the molecule is CCOC(=O)N1CC2(CC[C@@H](N3CCN(c4ncccc4-c4cnn(C5CCC5)c4)CC3)C2)C1. The second kappa shape index (κ2) is 8.87. The molecule has 8 heteroatoms. The maximum absolute atomic E-state index is 12.0. The van der Waals surface area contributed by atoms with Crippen molar-refractivity contribution in [2.75, 3.05) is 50.8 Å². The van der Waals surface area contributed by atoms with Crippen LogP contribution in [0.2, 0.25) is 0 Å². The van der Waals surface area contributed by atoms with Crippen LogP contribution in [0.5, 0.6) is 0 Å². The number of piperazine rings is 1. The molecule has 1 atom stereocenters. The monoisotopic (exact) mass is 464 g/mol. The van der Waals surface area contributed by atoms with Crippen LogP contribution in [-0.4, -0.2) is 82.6 Å². The molecule has 2 aliphatic carbocycles. The molecule has 0 aromatic carbocycles. The molecule has 34 heavy (non-hydrogen) atoms. The number of rotatable bonds is 5. The Morgan fingerprint density at radius 2 is 1.97 bits per heavy atom. The van der Waals surface area contributed by atoms with E-state index in [-0.39, 0.29) is 6.09 Å². The Morgan fingerprint density at radius 3 is 2.71 bits per heavy atom. The third-order valence-electron chi connectivity index (χ3n) is 8.53. The van der Waals surface area contributed by atoms with Crippen molar-refractivity contribution in [1.29, 1.82) is 0 Å². The molecule has 0 unspecified atom stereocenters. The highest BCUT2D eigenvalue weighted by Gasteiger charge is 2.51. The Labute approximate surface area is 201 Å². The van der Waals surface area contributed by atoms with Crippen LogP contribution in [0.4, 0.5) is 10.6 Å². The summed E-state index contributed by atoms with van der Waals surface area (Å²) in [6, 6.07) is 5.43. The summed E-state index contributed by atoms with van der Waals surface area (Å²) in [5.74, 6) is 1.09. The zero-order valence-corrected chi connectivity index (χ0v) is 20.2. The fourth-order valence-electron chi connectivity index (χ4n) is 6.38. The lowest BCUT2D eigenvalue weighted by atomic mass is 9.78. The molecule has 4 heterocycles. The van der Waals surface area contributed by atoms with E-state index in [9.17, 15) is 4.79 Å². The largest absolute Gasteiger partial charge is 0.450 e.